The topological polar surface area (TPSA) is 67.4 Å². The number of carbonyl (C=O) groups is 2. The maximum absolute atomic E-state index is 10.9. The molecule has 0 radical (unpaired) electrons. The Kier molecular flexibility index (Phi) is 2.82. The molecule has 0 aromatic carbocycles. The predicted octanol–water partition coefficient (Wildman–Crippen LogP) is -0.603. The van der Waals surface area contributed by atoms with E-state index in [-0.39, 0.29) is 12.5 Å². The molecule has 1 aliphatic heterocycles. The summed E-state index contributed by atoms with van der Waals surface area (Å²) in [5.74, 6) is -0.343. The molecule has 1 fully saturated rings. The van der Waals surface area contributed by atoms with Crippen LogP contribution in [0, 0.1) is 0 Å². The molecule has 1 aliphatic rings. The van der Waals surface area contributed by atoms with Crippen LogP contribution in [-0.2, 0) is 9.53 Å². The largest absolute Gasteiger partial charge is 0.375 e. The molecule has 5 heteroatoms. The Hall–Kier alpha value is -1.36. The van der Waals surface area contributed by atoms with E-state index in [1.165, 1.54) is 0 Å². The molecule has 1 saturated heterocycles. The summed E-state index contributed by atoms with van der Waals surface area (Å²) >= 11 is 0. The molecule has 1 atom stereocenters. The SMILES string of the molecule is C=CCOCC1NC(=O)NC1=O. The second-order valence-corrected chi connectivity index (χ2v) is 2.34. The fourth-order valence-corrected chi connectivity index (χ4v) is 0.845. The lowest BCUT2D eigenvalue weighted by Gasteiger charge is -2.05. The Labute approximate surface area is 69.8 Å². The minimum Gasteiger partial charge on any atom is -0.375 e. The molecular weight excluding hydrogens is 160 g/mol. The van der Waals surface area contributed by atoms with Gasteiger partial charge in [0.05, 0.1) is 13.2 Å². The Balaban J connectivity index is 2.28. The van der Waals surface area contributed by atoms with Crippen LogP contribution in [0.1, 0.15) is 0 Å². The minimum absolute atomic E-state index is 0.184. The molecule has 3 amide bonds. The van der Waals surface area contributed by atoms with E-state index in [0.717, 1.165) is 0 Å². The van der Waals surface area contributed by atoms with Gasteiger partial charge in [-0.15, -0.1) is 6.58 Å². The highest BCUT2D eigenvalue weighted by molar-refractivity contribution is 6.04. The summed E-state index contributed by atoms with van der Waals surface area (Å²) in [5.41, 5.74) is 0. The molecule has 0 saturated carbocycles. The van der Waals surface area contributed by atoms with E-state index < -0.39 is 12.1 Å². The molecular formula is C7H10N2O3. The lowest BCUT2D eigenvalue weighted by atomic mass is 10.3. The van der Waals surface area contributed by atoms with Crippen LogP contribution in [-0.4, -0.2) is 31.2 Å². The van der Waals surface area contributed by atoms with Gasteiger partial charge in [0.15, 0.2) is 0 Å². The van der Waals surface area contributed by atoms with E-state index in [1.807, 2.05) is 0 Å². The van der Waals surface area contributed by atoms with Gasteiger partial charge in [-0.3, -0.25) is 10.1 Å². The highest BCUT2D eigenvalue weighted by atomic mass is 16.5. The molecule has 1 heterocycles. The number of carbonyl (C=O) groups excluding carboxylic acids is 2. The van der Waals surface area contributed by atoms with E-state index in [4.69, 9.17) is 4.74 Å². The summed E-state index contributed by atoms with van der Waals surface area (Å²) in [6.07, 6.45) is 1.58. The molecule has 1 rings (SSSR count). The number of hydrogen-bond donors (Lipinski definition) is 2. The van der Waals surface area contributed by atoms with Crippen LogP contribution in [0.3, 0.4) is 0 Å². The first-order valence-electron chi connectivity index (χ1n) is 3.54. The van der Waals surface area contributed by atoms with Gasteiger partial charge in [-0.25, -0.2) is 4.79 Å². The third-order valence-electron chi connectivity index (χ3n) is 1.38. The van der Waals surface area contributed by atoms with Crippen LogP contribution in [0.4, 0.5) is 4.79 Å². The van der Waals surface area contributed by atoms with Crippen LogP contribution in [0.15, 0.2) is 12.7 Å². The first kappa shape index (κ1) is 8.73. The van der Waals surface area contributed by atoms with Crippen molar-refractivity contribution in [2.45, 2.75) is 6.04 Å². The first-order chi connectivity index (χ1) is 5.74. The average molecular weight is 170 g/mol. The van der Waals surface area contributed by atoms with E-state index >= 15 is 0 Å². The van der Waals surface area contributed by atoms with Crippen molar-refractivity contribution >= 4 is 11.9 Å². The molecule has 2 N–H and O–H groups in total. The molecule has 0 aliphatic carbocycles. The summed E-state index contributed by atoms with van der Waals surface area (Å²) in [7, 11) is 0. The number of amides is 3. The van der Waals surface area contributed by atoms with E-state index in [0.29, 0.717) is 6.61 Å². The number of nitrogens with one attached hydrogen (secondary N) is 2. The van der Waals surface area contributed by atoms with Crippen molar-refractivity contribution < 1.29 is 14.3 Å². The van der Waals surface area contributed by atoms with Crippen molar-refractivity contribution in [3.8, 4) is 0 Å². The van der Waals surface area contributed by atoms with E-state index in [9.17, 15) is 9.59 Å². The van der Waals surface area contributed by atoms with Gasteiger partial charge in [0.25, 0.3) is 5.91 Å². The quantitative estimate of drug-likeness (QED) is 0.336. The Morgan fingerprint density at radius 2 is 2.33 bits per heavy atom. The summed E-state index contributed by atoms with van der Waals surface area (Å²) in [4.78, 5) is 21.5. The zero-order chi connectivity index (χ0) is 8.97. The van der Waals surface area contributed by atoms with Gasteiger partial charge in [0, 0.05) is 0 Å². The number of imide groups is 1. The Bertz CT molecular complexity index is 215. The van der Waals surface area contributed by atoms with Crippen LogP contribution in [0.5, 0.6) is 0 Å². The molecule has 0 bridgehead atoms. The van der Waals surface area contributed by atoms with E-state index in [2.05, 4.69) is 17.2 Å². The molecule has 12 heavy (non-hydrogen) atoms. The van der Waals surface area contributed by atoms with Crippen LogP contribution >= 0.6 is 0 Å². The second kappa shape index (κ2) is 3.87. The third-order valence-corrected chi connectivity index (χ3v) is 1.38. The number of ether oxygens (including phenoxy) is 1. The first-order valence-corrected chi connectivity index (χ1v) is 3.54. The Morgan fingerprint density at radius 1 is 1.58 bits per heavy atom. The summed E-state index contributed by atoms with van der Waals surface area (Å²) in [6, 6.07) is -1.02. The lowest BCUT2D eigenvalue weighted by Crippen LogP contribution is -2.33. The number of urea groups is 1. The molecule has 0 aromatic heterocycles. The van der Waals surface area contributed by atoms with E-state index in [1.54, 1.807) is 6.08 Å². The van der Waals surface area contributed by atoms with Crippen LogP contribution < -0.4 is 10.6 Å². The normalized spacial score (nSPS) is 21.8. The summed E-state index contributed by atoms with van der Waals surface area (Å²) < 4.78 is 4.99. The monoisotopic (exact) mass is 170 g/mol. The third kappa shape index (κ3) is 2.06. The fourth-order valence-electron chi connectivity index (χ4n) is 0.845. The van der Waals surface area contributed by atoms with Crippen molar-refractivity contribution in [1.29, 1.82) is 0 Å². The predicted molar refractivity (Wildman–Crippen MR) is 41.5 cm³/mol. The maximum atomic E-state index is 10.9. The van der Waals surface area contributed by atoms with Crippen LogP contribution in [0.2, 0.25) is 0 Å². The van der Waals surface area contributed by atoms with Gasteiger partial charge in [0.2, 0.25) is 0 Å². The maximum Gasteiger partial charge on any atom is 0.322 e. The van der Waals surface area contributed by atoms with Crippen molar-refractivity contribution in [3.05, 3.63) is 12.7 Å². The second-order valence-electron chi connectivity index (χ2n) is 2.34. The summed E-state index contributed by atoms with van der Waals surface area (Å²) in [6.45, 7) is 4.00. The van der Waals surface area contributed by atoms with Gasteiger partial charge in [-0.05, 0) is 0 Å². The highest BCUT2D eigenvalue weighted by Gasteiger charge is 2.29. The zero-order valence-corrected chi connectivity index (χ0v) is 6.50. The smallest absolute Gasteiger partial charge is 0.322 e. The lowest BCUT2D eigenvalue weighted by molar-refractivity contribution is -0.121. The molecule has 5 nitrogen and oxygen atoms in total. The number of hydrogen-bond acceptors (Lipinski definition) is 3. The average Bonchev–Trinajstić information content (AvgIpc) is 2.31. The van der Waals surface area contributed by atoms with Gasteiger partial charge in [-0.2, -0.15) is 0 Å². The van der Waals surface area contributed by atoms with Crippen LogP contribution in [0.25, 0.3) is 0 Å². The number of rotatable bonds is 4. The van der Waals surface area contributed by atoms with Crippen molar-refractivity contribution in [2.24, 2.45) is 0 Å². The fraction of sp³-hybridized carbons (Fsp3) is 0.429. The van der Waals surface area contributed by atoms with Gasteiger partial charge >= 0.3 is 6.03 Å². The molecule has 1 unspecified atom stereocenters. The molecule has 0 aromatic rings. The molecule has 66 valence electrons. The summed E-state index contributed by atoms with van der Waals surface area (Å²) in [5, 5.41) is 4.50. The van der Waals surface area contributed by atoms with Gasteiger partial charge in [-0.1, -0.05) is 6.08 Å². The van der Waals surface area contributed by atoms with Crippen molar-refractivity contribution in [2.75, 3.05) is 13.2 Å². The van der Waals surface area contributed by atoms with Crippen molar-refractivity contribution in [1.82, 2.24) is 10.6 Å². The van der Waals surface area contributed by atoms with Gasteiger partial charge in [0.1, 0.15) is 6.04 Å². The van der Waals surface area contributed by atoms with Gasteiger partial charge < -0.3 is 10.1 Å². The minimum atomic E-state index is -0.558. The van der Waals surface area contributed by atoms with Crippen molar-refractivity contribution in [3.63, 3.8) is 0 Å². The molecule has 0 spiro atoms. The standard InChI is InChI=1S/C7H10N2O3/c1-2-3-12-4-5-6(10)9-7(11)8-5/h2,5H,1,3-4H2,(H2,8,9,10,11). The zero-order valence-electron chi connectivity index (χ0n) is 6.50. The highest BCUT2D eigenvalue weighted by Crippen LogP contribution is 1.93. The Morgan fingerprint density at radius 3 is 2.83 bits per heavy atom.